The minimum Gasteiger partial charge on any atom is -0.330 e. The van der Waals surface area contributed by atoms with Crippen molar-refractivity contribution >= 4 is 0 Å². The first-order valence-corrected chi connectivity index (χ1v) is 5.03. The molecule has 0 aromatic heterocycles. The molecule has 2 aliphatic carbocycles. The minimum absolute atomic E-state index is 0.753. The van der Waals surface area contributed by atoms with Gasteiger partial charge < -0.3 is 5.73 Å². The molecule has 64 valence electrons. The molecule has 0 saturated heterocycles. The molecule has 0 aliphatic heterocycles. The largest absolute Gasteiger partial charge is 0.330 e. The van der Waals surface area contributed by atoms with E-state index in [1.807, 2.05) is 0 Å². The lowest BCUT2D eigenvalue weighted by atomic mass is 9.88. The topological polar surface area (TPSA) is 26.0 Å². The summed E-state index contributed by atoms with van der Waals surface area (Å²) in [4.78, 5) is 0. The van der Waals surface area contributed by atoms with Crippen molar-refractivity contribution in [3.63, 3.8) is 0 Å². The van der Waals surface area contributed by atoms with Crippen LogP contribution in [0.2, 0.25) is 0 Å². The van der Waals surface area contributed by atoms with Crippen molar-refractivity contribution in [3.8, 4) is 0 Å². The summed E-state index contributed by atoms with van der Waals surface area (Å²) in [5.41, 5.74) is 6.46. The summed E-state index contributed by atoms with van der Waals surface area (Å²) >= 11 is 0. The van der Waals surface area contributed by atoms with E-state index in [0.717, 1.165) is 23.8 Å². The Kier molecular flexibility index (Phi) is 1.71. The zero-order chi connectivity index (χ0) is 7.90. The summed E-state index contributed by atoms with van der Waals surface area (Å²) in [6.45, 7) is 3.28. The van der Waals surface area contributed by atoms with Gasteiger partial charge in [-0.25, -0.2) is 0 Å². The highest BCUT2D eigenvalue weighted by Crippen LogP contribution is 2.66. The molecule has 2 rings (SSSR count). The zero-order valence-electron chi connectivity index (χ0n) is 7.47. The smallest absolute Gasteiger partial charge is 0.00432 e. The number of hydrogen-bond acceptors (Lipinski definition) is 1. The minimum atomic E-state index is 0.753. The standard InChI is InChI=1S/C10H19N/c1-2-8-4-3-5-10(8)6-9(10)7-11/h8-9H,2-7,11H2,1H3. The molecule has 1 heteroatoms. The van der Waals surface area contributed by atoms with E-state index in [-0.39, 0.29) is 0 Å². The average Bonchev–Trinajstić information content (AvgIpc) is 2.55. The first kappa shape index (κ1) is 7.60. The molecule has 2 aliphatic rings. The average molecular weight is 153 g/mol. The predicted octanol–water partition coefficient (Wildman–Crippen LogP) is 2.16. The highest BCUT2D eigenvalue weighted by Gasteiger charge is 2.58. The van der Waals surface area contributed by atoms with Crippen molar-refractivity contribution in [2.24, 2.45) is 23.0 Å². The van der Waals surface area contributed by atoms with E-state index in [4.69, 9.17) is 5.73 Å². The van der Waals surface area contributed by atoms with Crippen molar-refractivity contribution < 1.29 is 0 Å². The Morgan fingerprint density at radius 2 is 2.27 bits per heavy atom. The van der Waals surface area contributed by atoms with Crippen LogP contribution < -0.4 is 5.73 Å². The fraction of sp³-hybridized carbons (Fsp3) is 1.00. The molecule has 11 heavy (non-hydrogen) atoms. The maximum absolute atomic E-state index is 5.71. The van der Waals surface area contributed by atoms with Crippen LogP contribution in [0.4, 0.5) is 0 Å². The lowest BCUT2D eigenvalue weighted by Crippen LogP contribution is -2.15. The molecule has 0 aromatic carbocycles. The van der Waals surface area contributed by atoms with Gasteiger partial charge in [-0.05, 0) is 43.1 Å². The van der Waals surface area contributed by atoms with Crippen LogP contribution >= 0.6 is 0 Å². The van der Waals surface area contributed by atoms with E-state index in [0.29, 0.717) is 0 Å². The molecular formula is C10H19N. The number of hydrogen-bond donors (Lipinski definition) is 1. The fourth-order valence-corrected chi connectivity index (χ4v) is 3.30. The van der Waals surface area contributed by atoms with Crippen molar-refractivity contribution in [1.82, 2.24) is 0 Å². The van der Waals surface area contributed by atoms with Gasteiger partial charge in [-0.1, -0.05) is 19.8 Å². The Hall–Kier alpha value is -0.0400. The maximum Gasteiger partial charge on any atom is -0.00432 e. The Morgan fingerprint density at radius 3 is 2.82 bits per heavy atom. The lowest BCUT2D eigenvalue weighted by molar-refractivity contribution is 0.323. The van der Waals surface area contributed by atoms with Gasteiger partial charge >= 0.3 is 0 Å². The normalized spacial score (nSPS) is 48.5. The van der Waals surface area contributed by atoms with Crippen LogP contribution in [0.1, 0.15) is 39.0 Å². The van der Waals surface area contributed by atoms with E-state index in [2.05, 4.69) is 6.92 Å². The van der Waals surface area contributed by atoms with Crippen LogP contribution in [0.25, 0.3) is 0 Å². The molecule has 1 nitrogen and oxygen atoms in total. The third-order valence-corrected chi connectivity index (χ3v) is 4.06. The van der Waals surface area contributed by atoms with Gasteiger partial charge in [-0.15, -0.1) is 0 Å². The summed E-state index contributed by atoms with van der Waals surface area (Å²) in [5, 5.41) is 0. The van der Waals surface area contributed by atoms with Crippen LogP contribution in [-0.4, -0.2) is 6.54 Å². The van der Waals surface area contributed by atoms with Gasteiger partial charge in [-0.3, -0.25) is 0 Å². The molecule has 0 heterocycles. The SMILES string of the molecule is CCC1CCCC12CC2CN. The van der Waals surface area contributed by atoms with Gasteiger partial charge in [0.1, 0.15) is 0 Å². The molecule has 2 N–H and O–H groups in total. The first-order valence-electron chi connectivity index (χ1n) is 5.03. The van der Waals surface area contributed by atoms with E-state index in [9.17, 15) is 0 Å². The number of rotatable bonds is 2. The third kappa shape index (κ3) is 0.936. The first-order chi connectivity index (χ1) is 5.33. The van der Waals surface area contributed by atoms with Gasteiger partial charge in [0.15, 0.2) is 0 Å². The second-order valence-corrected chi connectivity index (χ2v) is 4.37. The molecule has 0 bridgehead atoms. The quantitative estimate of drug-likeness (QED) is 0.646. The highest BCUT2D eigenvalue weighted by atomic mass is 14.7. The molecular weight excluding hydrogens is 134 g/mol. The molecule has 3 atom stereocenters. The van der Waals surface area contributed by atoms with E-state index in [1.54, 1.807) is 0 Å². The summed E-state index contributed by atoms with van der Waals surface area (Å²) in [6.07, 6.45) is 7.26. The fourth-order valence-electron chi connectivity index (χ4n) is 3.30. The third-order valence-electron chi connectivity index (χ3n) is 4.06. The van der Waals surface area contributed by atoms with Crippen LogP contribution in [0, 0.1) is 17.3 Å². The highest BCUT2D eigenvalue weighted by molar-refractivity contribution is 5.08. The maximum atomic E-state index is 5.71. The Balaban J connectivity index is 2.03. The Labute approximate surface area is 69.4 Å². The summed E-state index contributed by atoms with van der Waals surface area (Å²) < 4.78 is 0. The van der Waals surface area contributed by atoms with Crippen LogP contribution in [0.5, 0.6) is 0 Å². The van der Waals surface area contributed by atoms with Crippen LogP contribution in [-0.2, 0) is 0 Å². The zero-order valence-corrected chi connectivity index (χ0v) is 7.47. The monoisotopic (exact) mass is 153 g/mol. The predicted molar refractivity (Wildman–Crippen MR) is 47.2 cm³/mol. The van der Waals surface area contributed by atoms with E-state index in [1.165, 1.54) is 32.1 Å². The molecule has 0 radical (unpaired) electrons. The van der Waals surface area contributed by atoms with Gasteiger partial charge in [0, 0.05) is 0 Å². The second kappa shape index (κ2) is 2.48. The summed E-state index contributed by atoms with van der Waals surface area (Å²) in [5.74, 6) is 1.92. The van der Waals surface area contributed by atoms with Gasteiger partial charge in [0.25, 0.3) is 0 Å². The van der Waals surface area contributed by atoms with Gasteiger partial charge in [0.2, 0.25) is 0 Å². The molecule has 3 unspecified atom stereocenters. The summed E-state index contributed by atoms with van der Waals surface area (Å²) in [7, 11) is 0. The molecule has 1 spiro atoms. The Bertz CT molecular complexity index is 155. The molecule has 2 fully saturated rings. The van der Waals surface area contributed by atoms with Gasteiger partial charge in [-0.2, -0.15) is 0 Å². The Morgan fingerprint density at radius 1 is 1.45 bits per heavy atom. The lowest BCUT2D eigenvalue weighted by Gasteiger charge is -2.17. The second-order valence-electron chi connectivity index (χ2n) is 4.37. The van der Waals surface area contributed by atoms with E-state index >= 15 is 0 Å². The van der Waals surface area contributed by atoms with Crippen LogP contribution in [0.3, 0.4) is 0 Å². The molecule has 2 saturated carbocycles. The van der Waals surface area contributed by atoms with Crippen molar-refractivity contribution in [2.45, 2.75) is 39.0 Å². The number of nitrogens with two attached hydrogens (primary N) is 1. The van der Waals surface area contributed by atoms with Crippen molar-refractivity contribution in [3.05, 3.63) is 0 Å². The van der Waals surface area contributed by atoms with Crippen molar-refractivity contribution in [2.75, 3.05) is 6.54 Å². The summed E-state index contributed by atoms with van der Waals surface area (Å²) in [6, 6.07) is 0. The van der Waals surface area contributed by atoms with Crippen LogP contribution in [0.15, 0.2) is 0 Å². The molecule has 0 aromatic rings. The molecule has 0 amide bonds. The van der Waals surface area contributed by atoms with Crippen molar-refractivity contribution in [1.29, 1.82) is 0 Å². The van der Waals surface area contributed by atoms with E-state index < -0.39 is 0 Å². The van der Waals surface area contributed by atoms with Gasteiger partial charge in [0.05, 0.1) is 0 Å².